The van der Waals surface area contributed by atoms with Crippen molar-refractivity contribution in [1.29, 1.82) is 0 Å². The number of methoxy groups -OCH3 is 2. The molecular formula is C20H20BrN3O5. The third-order valence-electron chi connectivity index (χ3n) is 5.80. The molecule has 29 heavy (non-hydrogen) atoms. The molecule has 2 aromatic rings. The van der Waals surface area contributed by atoms with Crippen molar-refractivity contribution in [3.8, 4) is 11.5 Å². The van der Waals surface area contributed by atoms with Crippen LogP contribution in [-0.4, -0.2) is 37.1 Å². The third kappa shape index (κ3) is 2.71. The van der Waals surface area contributed by atoms with E-state index in [4.69, 9.17) is 9.47 Å². The Morgan fingerprint density at radius 1 is 1.21 bits per heavy atom. The van der Waals surface area contributed by atoms with Crippen molar-refractivity contribution in [2.45, 2.75) is 30.5 Å². The Morgan fingerprint density at radius 3 is 2.59 bits per heavy atom. The number of benzene rings is 2. The van der Waals surface area contributed by atoms with Crippen LogP contribution >= 0.6 is 15.9 Å². The number of nitrogens with zero attached hydrogens (tertiary/aromatic N) is 1. The molecule has 1 fully saturated rings. The Bertz CT molecular complexity index is 1010. The number of ether oxygens (including phenoxy) is 2. The smallest absolute Gasteiger partial charge is 0.256 e. The summed E-state index contributed by atoms with van der Waals surface area (Å²) in [5, 5.41) is 18.4. The van der Waals surface area contributed by atoms with E-state index < -0.39 is 23.4 Å². The Balaban J connectivity index is 1.90. The molecule has 1 saturated heterocycles. The topological polar surface area (TPSA) is 103 Å². The normalized spacial score (nSPS) is 27.6. The van der Waals surface area contributed by atoms with Gasteiger partial charge in [-0.1, -0.05) is 18.2 Å². The lowest BCUT2D eigenvalue weighted by Crippen LogP contribution is -2.54. The van der Waals surface area contributed by atoms with E-state index in [1.807, 2.05) is 6.92 Å². The van der Waals surface area contributed by atoms with Crippen molar-refractivity contribution in [2.75, 3.05) is 19.5 Å². The molecule has 2 aliphatic heterocycles. The summed E-state index contributed by atoms with van der Waals surface area (Å²) in [5.41, 5.74) is 0.438. The first-order valence-corrected chi connectivity index (χ1v) is 9.88. The highest BCUT2D eigenvalue weighted by Gasteiger charge is 2.67. The van der Waals surface area contributed by atoms with Gasteiger partial charge in [0.2, 0.25) is 0 Å². The zero-order valence-electron chi connectivity index (χ0n) is 16.1. The fraction of sp³-hybridized carbons (Fsp3) is 0.350. The minimum absolute atomic E-state index is 0.340. The summed E-state index contributed by atoms with van der Waals surface area (Å²) in [6.07, 6.45) is 0. The lowest BCUT2D eigenvalue weighted by atomic mass is 9.78. The predicted octanol–water partition coefficient (Wildman–Crippen LogP) is 3.03. The molecule has 4 atom stereocenters. The third-order valence-corrected chi connectivity index (χ3v) is 6.39. The lowest BCUT2D eigenvalue weighted by Gasteiger charge is -2.25. The highest BCUT2D eigenvalue weighted by molar-refractivity contribution is 9.10. The van der Waals surface area contributed by atoms with Crippen molar-refractivity contribution in [1.82, 2.24) is 5.32 Å². The molecule has 2 aromatic carbocycles. The van der Waals surface area contributed by atoms with Gasteiger partial charge in [-0.05, 0) is 46.6 Å². The minimum Gasteiger partial charge on any atom is -0.493 e. The van der Waals surface area contributed by atoms with Crippen molar-refractivity contribution in [3.05, 3.63) is 62.1 Å². The molecule has 1 spiro atoms. The number of rotatable bonds is 4. The van der Waals surface area contributed by atoms with Gasteiger partial charge in [0.15, 0.2) is 17.0 Å². The van der Waals surface area contributed by atoms with Gasteiger partial charge in [-0.2, -0.15) is 0 Å². The molecule has 0 radical (unpaired) electrons. The first-order valence-electron chi connectivity index (χ1n) is 9.08. The standard InChI is InChI=1S/C20H20BrN3O5/c1-10-16(11-8-13(21)17(29-3)15(9-11)28-2)18(24(26)27)20(23-10)12-6-4-5-7-14(12)22-19(20)25/h4-10,16,18,23H,1-3H3,(H,22,25)/t10-,16-,18-,20-/m0/s1. The quantitative estimate of drug-likeness (QED) is 0.535. The van der Waals surface area contributed by atoms with Crippen LogP contribution in [0.1, 0.15) is 24.0 Å². The number of amides is 1. The van der Waals surface area contributed by atoms with Crippen molar-refractivity contribution >= 4 is 27.5 Å². The van der Waals surface area contributed by atoms with Gasteiger partial charge in [-0.15, -0.1) is 0 Å². The molecule has 2 N–H and O–H groups in total. The number of para-hydroxylation sites is 1. The van der Waals surface area contributed by atoms with Gasteiger partial charge in [-0.3, -0.25) is 20.2 Å². The predicted molar refractivity (Wildman–Crippen MR) is 110 cm³/mol. The van der Waals surface area contributed by atoms with Gasteiger partial charge in [-0.25, -0.2) is 0 Å². The second-order valence-electron chi connectivity index (χ2n) is 7.23. The zero-order valence-corrected chi connectivity index (χ0v) is 17.6. The zero-order chi connectivity index (χ0) is 20.9. The van der Waals surface area contributed by atoms with E-state index in [-0.39, 0.29) is 11.0 Å². The van der Waals surface area contributed by atoms with Crippen molar-refractivity contribution in [3.63, 3.8) is 0 Å². The number of fused-ring (bicyclic) bond motifs is 2. The summed E-state index contributed by atoms with van der Waals surface area (Å²) in [4.78, 5) is 25.0. The average Bonchev–Trinajstić information content (AvgIpc) is 3.15. The first-order chi connectivity index (χ1) is 13.8. The summed E-state index contributed by atoms with van der Waals surface area (Å²) in [7, 11) is 3.04. The number of carbonyl (C=O) groups excluding carboxylic acids is 1. The molecule has 0 bridgehead atoms. The van der Waals surface area contributed by atoms with Gasteiger partial charge in [0.25, 0.3) is 11.9 Å². The van der Waals surface area contributed by atoms with Gasteiger partial charge in [0.05, 0.1) is 24.6 Å². The number of carbonyl (C=O) groups is 1. The van der Waals surface area contributed by atoms with E-state index in [9.17, 15) is 14.9 Å². The number of nitrogens with one attached hydrogen (secondary N) is 2. The van der Waals surface area contributed by atoms with Crippen molar-refractivity contribution in [2.24, 2.45) is 0 Å². The first kappa shape index (κ1) is 19.7. The molecule has 1 amide bonds. The molecule has 152 valence electrons. The van der Waals surface area contributed by atoms with Gasteiger partial charge in [0.1, 0.15) is 0 Å². The van der Waals surface area contributed by atoms with Crippen molar-refractivity contribution < 1.29 is 19.2 Å². The minimum atomic E-state index is -1.44. The molecule has 2 aliphatic rings. The summed E-state index contributed by atoms with van der Waals surface area (Å²) < 4.78 is 11.4. The van der Waals surface area contributed by atoms with Crippen LogP contribution < -0.4 is 20.1 Å². The summed E-state index contributed by atoms with van der Waals surface area (Å²) >= 11 is 3.46. The Morgan fingerprint density at radius 2 is 1.93 bits per heavy atom. The fourth-order valence-corrected chi connectivity index (χ4v) is 5.31. The summed E-state index contributed by atoms with van der Waals surface area (Å²) in [5.74, 6) is -0.0121. The molecule has 2 heterocycles. The molecule has 0 aromatic heterocycles. The average molecular weight is 462 g/mol. The van der Waals surface area contributed by atoms with Crippen LogP contribution in [0.4, 0.5) is 5.69 Å². The second kappa shape index (κ2) is 7.00. The van der Waals surface area contributed by atoms with E-state index in [1.54, 1.807) is 36.4 Å². The maximum atomic E-state index is 13.1. The van der Waals surface area contributed by atoms with Crippen LogP contribution in [0.2, 0.25) is 0 Å². The molecule has 0 unspecified atom stereocenters. The van der Waals surface area contributed by atoms with E-state index in [0.29, 0.717) is 32.8 Å². The van der Waals surface area contributed by atoms with Crippen LogP contribution in [-0.2, 0) is 10.3 Å². The van der Waals surface area contributed by atoms with E-state index >= 15 is 0 Å². The highest BCUT2D eigenvalue weighted by atomic mass is 79.9. The number of hydrogen-bond acceptors (Lipinski definition) is 6. The Labute approximate surface area is 175 Å². The number of nitro groups is 1. The molecule has 0 saturated carbocycles. The van der Waals surface area contributed by atoms with E-state index in [0.717, 1.165) is 0 Å². The number of hydrogen-bond donors (Lipinski definition) is 2. The van der Waals surface area contributed by atoms with Crippen LogP contribution in [0, 0.1) is 10.1 Å². The van der Waals surface area contributed by atoms with Crippen LogP contribution in [0.25, 0.3) is 0 Å². The monoisotopic (exact) mass is 461 g/mol. The fourth-order valence-electron chi connectivity index (χ4n) is 4.68. The van der Waals surface area contributed by atoms with Gasteiger partial charge < -0.3 is 14.8 Å². The summed E-state index contributed by atoms with van der Waals surface area (Å²) in [6, 6.07) is 9.07. The van der Waals surface area contributed by atoms with E-state index in [1.165, 1.54) is 14.2 Å². The Hall–Kier alpha value is -2.65. The molecule has 4 rings (SSSR count). The largest absolute Gasteiger partial charge is 0.493 e. The maximum absolute atomic E-state index is 13.1. The lowest BCUT2D eigenvalue weighted by molar-refractivity contribution is -0.532. The maximum Gasteiger partial charge on any atom is 0.256 e. The summed E-state index contributed by atoms with van der Waals surface area (Å²) in [6.45, 7) is 1.86. The molecular weight excluding hydrogens is 442 g/mol. The molecule has 0 aliphatic carbocycles. The van der Waals surface area contributed by atoms with Crippen LogP contribution in [0.5, 0.6) is 11.5 Å². The van der Waals surface area contributed by atoms with Crippen LogP contribution in [0.3, 0.4) is 0 Å². The second-order valence-corrected chi connectivity index (χ2v) is 8.09. The SMILES string of the molecule is COc1cc([C@@H]2[C@H](C)N[C@]3(C(=O)Nc4ccccc43)[C@H]2[N+](=O)[O-])cc(Br)c1OC. The van der Waals surface area contributed by atoms with Gasteiger partial charge in [0, 0.05) is 22.2 Å². The van der Waals surface area contributed by atoms with E-state index in [2.05, 4.69) is 26.6 Å². The Kier molecular flexibility index (Phi) is 4.74. The number of anilines is 1. The highest BCUT2D eigenvalue weighted by Crippen LogP contribution is 2.51. The van der Waals surface area contributed by atoms with Gasteiger partial charge >= 0.3 is 0 Å². The number of halogens is 1. The van der Waals surface area contributed by atoms with Crippen LogP contribution in [0.15, 0.2) is 40.9 Å². The molecule has 9 heteroatoms. The molecule has 8 nitrogen and oxygen atoms in total.